The van der Waals surface area contributed by atoms with Gasteiger partial charge in [-0.15, -0.1) is 0 Å². The molecule has 0 atom stereocenters. The van der Waals surface area contributed by atoms with Crippen LogP contribution in [0.25, 0.3) is 6.08 Å². The Labute approximate surface area is 132 Å². The summed E-state index contributed by atoms with van der Waals surface area (Å²) in [5.41, 5.74) is 1.31. The zero-order valence-corrected chi connectivity index (χ0v) is 12.5. The van der Waals surface area contributed by atoms with Gasteiger partial charge in [-0.2, -0.15) is 0 Å². The molecule has 0 bridgehead atoms. The van der Waals surface area contributed by atoms with Crippen molar-refractivity contribution in [2.45, 2.75) is 0 Å². The van der Waals surface area contributed by atoms with E-state index in [1.54, 1.807) is 36.4 Å². The van der Waals surface area contributed by atoms with Crippen molar-refractivity contribution in [3.05, 3.63) is 69.2 Å². The van der Waals surface area contributed by atoms with Crippen molar-refractivity contribution < 1.29 is 4.79 Å². The van der Waals surface area contributed by atoms with Gasteiger partial charge in [-0.05, 0) is 42.0 Å². The van der Waals surface area contributed by atoms with Gasteiger partial charge < -0.3 is 5.32 Å². The molecular weight excluding hydrogens is 317 g/mol. The molecule has 1 amide bonds. The summed E-state index contributed by atoms with van der Waals surface area (Å²) in [4.78, 5) is 11.8. The van der Waals surface area contributed by atoms with E-state index in [9.17, 15) is 4.79 Å². The Kier molecular flexibility index (Phi) is 5.07. The normalized spacial score (nSPS) is 10.8. The van der Waals surface area contributed by atoms with Gasteiger partial charge in [0.2, 0.25) is 5.91 Å². The average molecular weight is 327 g/mol. The highest BCUT2D eigenvalue weighted by atomic mass is 35.5. The van der Waals surface area contributed by atoms with Crippen molar-refractivity contribution >= 4 is 52.5 Å². The van der Waals surface area contributed by atoms with Crippen molar-refractivity contribution in [3.8, 4) is 0 Å². The second-order valence-electron chi connectivity index (χ2n) is 4.00. The van der Waals surface area contributed by atoms with Crippen molar-refractivity contribution in [2.75, 3.05) is 5.32 Å². The van der Waals surface area contributed by atoms with Gasteiger partial charge in [0, 0.05) is 16.1 Å². The van der Waals surface area contributed by atoms with Gasteiger partial charge in [0.15, 0.2) is 0 Å². The van der Waals surface area contributed by atoms with Crippen LogP contribution in [-0.4, -0.2) is 5.91 Å². The summed E-state index contributed by atoms with van der Waals surface area (Å²) in [6.45, 7) is 0. The van der Waals surface area contributed by atoms with E-state index < -0.39 is 0 Å². The highest BCUT2D eigenvalue weighted by Gasteiger charge is 2.04. The maximum absolute atomic E-state index is 11.8. The third kappa shape index (κ3) is 4.27. The van der Waals surface area contributed by atoms with Crippen LogP contribution in [0.4, 0.5) is 5.69 Å². The van der Waals surface area contributed by atoms with Crippen LogP contribution in [-0.2, 0) is 4.79 Å². The van der Waals surface area contributed by atoms with E-state index in [1.165, 1.54) is 6.08 Å². The molecule has 20 heavy (non-hydrogen) atoms. The Morgan fingerprint density at radius 1 is 1.00 bits per heavy atom. The lowest BCUT2D eigenvalue weighted by molar-refractivity contribution is -0.111. The van der Waals surface area contributed by atoms with E-state index in [2.05, 4.69) is 5.32 Å². The predicted molar refractivity (Wildman–Crippen MR) is 85.6 cm³/mol. The smallest absolute Gasteiger partial charge is 0.248 e. The van der Waals surface area contributed by atoms with Gasteiger partial charge in [0.25, 0.3) is 0 Å². The molecule has 0 unspecified atom stereocenters. The highest BCUT2D eigenvalue weighted by Crippen LogP contribution is 2.25. The molecule has 0 aliphatic rings. The molecule has 0 radical (unpaired) electrons. The van der Waals surface area contributed by atoms with Crippen molar-refractivity contribution in [1.82, 2.24) is 0 Å². The number of carbonyl (C=O) groups excluding carboxylic acids is 1. The molecule has 0 saturated carbocycles. The van der Waals surface area contributed by atoms with E-state index in [0.29, 0.717) is 20.8 Å². The van der Waals surface area contributed by atoms with E-state index in [1.807, 2.05) is 12.1 Å². The monoisotopic (exact) mass is 325 g/mol. The molecule has 0 aromatic heterocycles. The van der Waals surface area contributed by atoms with Crippen LogP contribution in [0.1, 0.15) is 5.56 Å². The summed E-state index contributed by atoms with van der Waals surface area (Å²) in [5, 5.41) is 4.21. The minimum absolute atomic E-state index is 0.297. The predicted octanol–water partition coefficient (Wildman–Crippen LogP) is 5.30. The molecule has 0 spiro atoms. The molecule has 102 valence electrons. The largest absolute Gasteiger partial charge is 0.321 e. The molecule has 1 N–H and O–H groups in total. The van der Waals surface area contributed by atoms with Crippen LogP contribution in [0.15, 0.2) is 48.5 Å². The number of hydrogen-bond donors (Lipinski definition) is 1. The fourth-order valence-corrected chi connectivity index (χ4v) is 2.09. The van der Waals surface area contributed by atoms with E-state index in [4.69, 9.17) is 34.8 Å². The molecule has 0 heterocycles. The van der Waals surface area contributed by atoms with Gasteiger partial charge in [0.1, 0.15) is 0 Å². The number of nitrogens with one attached hydrogen (secondary N) is 1. The minimum Gasteiger partial charge on any atom is -0.321 e. The topological polar surface area (TPSA) is 29.1 Å². The quantitative estimate of drug-likeness (QED) is 0.762. The molecular formula is C15H10Cl3NO. The molecule has 0 aliphatic carbocycles. The Morgan fingerprint density at radius 2 is 1.75 bits per heavy atom. The summed E-state index contributed by atoms with van der Waals surface area (Å²) in [5.74, 6) is -0.297. The van der Waals surface area contributed by atoms with Crippen LogP contribution in [0.3, 0.4) is 0 Å². The zero-order valence-electron chi connectivity index (χ0n) is 10.2. The van der Waals surface area contributed by atoms with Crippen LogP contribution in [0.2, 0.25) is 15.1 Å². The Bertz CT molecular complexity index is 668. The number of halogens is 3. The summed E-state index contributed by atoms with van der Waals surface area (Å²) in [7, 11) is 0. The Morgan fingerprint density at radius 3 is 2.50 bits per heavy atom. The van der Waals surface area contributed by atoms with Crippen LogP contribution >= 0.6 is 34.8 Å². The van der Waals surface area contributed by atoms with Crippen LogP contribution in [0.5, 0.6) is 0 Å². The first-order chi connectivity index (χ1) is 9.54. The van der Waals surface area contributed by atoms with Gasteiger partial charge >= 0.3 is 0 Å². The molecule has 5 heteroatoms. The number of hydrogen-bond acceptors (Lipinski definition) is 1. The third-order valence-electron chi connectivity index (χ3n) is 2.46. The Balaban J connectivity index is 2.07. The molecule has 2 rings (SSSR count). The number of amides is 1. The standard InChI is InChI=1S/C15H10Cl3NO/c16-11-3-1-2-10(8-11)4-7-15(20)19-14-9-12(17)5-6-13(14)18/h1-9H,(H,19,20)/b7-4+. The first-order valence-electron chi connectivity index (χ1n) is 5.74. The molecule has 0 fully saturated rings. The fraction of sp³-hybridized carbons (Fsp3) is 0. The SMILES string of the molecule is O=C(/C=C/c1cccc(Cl)c1)Nc1cc(Cl)ccc1Cl. The number of benzene rings is 2. The van der Waals surface area contributed by atoms with Crippen molar-refractivity contribution in [2.24, 2.45) is 0 Å². The summed E-state index contributed by atoms with van der Waals surface area (Å²) in [6, 6.07) is 12.1. The summed E-state index contributed by atoms with van der Waals surface area (Å²) < 4.78 is 0. The van der Waals surface area contributed by atoms with Gasteiger partial charge in [0.05, 0.1) is 10.7 Å². The first kappa shape index (κ1) is 14.9. The lowest BCUT2D eigenvalue weighted by atomic mass is 10.2. The van der Waals surface area contributed by atoms with Gasteiger partial charge in [-0.25, -0.2) is 0 Å². The molecule has 2 nitrogen and oxygen atoms in total. The number of anilines is 1. The highest BCUT2D eigenvalue weighted by molar-refractivity contribution is 6.35. The molecule has 2 aromatic rings. The number of carbonyl (C=O) groups is 1. The van der Waals surface area contributed by atoms with Crippen molar-refractivity contribution in [1.29, 1.82) is 0 Å². The maximum atomic E-state index is 11.8. The van der Waals surface area contributed by atoms with Crippen LogP contribution in [0, 0.1) is 0 Å². The van der Waals surface area contributed by atoms with E-state index in [-0.39, 0.29) is 5.91 Å². The molecule has 2 aromatic carbocycles. The minimum atomic E-state index is -0.297. The van der Waals surface area contributed by atoms with Gasteiger partial charge in [-0.3, -0.25) is 4.79 Å². The van der Waals surface area contributed by atoms with E-state index in [0.717, 1.165) is 5.56 Å². The molecule has 0 aliphatic heterocycles. The maximum Gasteiger partial charge on any atom is 0.248 e. The molecule has 0 saturated heterocycles. The average Bonchev–Trinajstić information content (AvgIpc) is 2.41. The lowest BCUT2D eigenvalue weighted by Gasteiger charge is -2.05. The van der Waals surface area contributed by atoms with E-state index >= 15 is 0 Å². The zero-order chi connectivity index (χ0) is 14.5. The third-order valence-corrected chi connectivity index (χ3v) is 3.26. The van der Waals surface area contributed by atoms with Crippen molar-refractivity contribution in [3.63, 3.8) is 0 Å². The van der Waals surface area contributed by atoms with Gasteiger partial charge in [-0.1, -0.05) is 46.9 Å². The fourth-order valence-electron chi connectivity index (χ4n) is 1.55. The second kappa shape index (κ2) is 6.80. The second-order valence-corrected chi connectivity index (χ2v) is 5.28. The first-order valence-corrected chi connectivity index (χ1v) is 6.88. The number of rotatable bonds is 3. The summed E-state index contributed by atoms with van der Waals surface area (Å²) >= 11 is 17.7. The lowest BCUT2D eigenvalue weighted by Crippen LogP contribution is -2.08. The summed E-state index contributed by atoms with van der Waals surface area (Å²) in [6.07, 6.45) is 3.07. The van der Waals surface area contributed by atoms with Crippen LogP contribution < -0.4 is 5.32 Å². The Hall–Kier alpha value is -1.48.